The highest BCUT2D eigenvalue weighted by Crippen LogP contribution is 2.28. The summed E-state index contributed by atoms with van der Waals surface area (Å²) in [6.45, 7) is 3.94. The molecule has 1 amide bonds. The van der Waals surface area contributed by atoms with Crippen LogP contribution in [-0.2, 0) is 0 Å². The van der Waals surface area contributed by atoms with Crippen LogP contribution in [0.5, 0.6) is 0 Å². The molecule has 1 fully saturated rings. The fourth-order valence-electron chi connectivity index (χ4n) is 3.09. The Morgan fingerprint density at radius 2 is 2.24 bits per heavy atom. The van der Waals surface area contributed by atoms with Gasteiger partial charge in [-0.15, -0.1) is 11.3 Å². The number of carbonyl (C=O) groups excluding carboxylic acids is 1. The second-order valence-electron chi connectivity index (χ2n) is 5.95. The van der Waals surface area contributed by atoms with E-state index in [2.05, 4.69) is 31.8 Å². The maximum absolute atomic E-state index is 12.6. The second-order valence-corrected chi connectivity index (χ2v) is 6.78. The van der Waals surface area contributed by atoms with Crippen LogP contribution in [0.1, 0.15) is 17.3 Å². The van der Waals surface area contributed by atoms with E-state index in [4.69, 9.17) is 5.73 Å². The maximum Gasteiger partial charge on any atom is 0.255 e. The molecule has 4 heterocycles. The van der Waals surface area contributed by atoms with Crippen molar-refractivity contribution in [2.45, 2.75) is 13.0 Å². The predicted molar refractivity (Wildman–Crippen MR) is 96.6 cm³/mol. The summed E-state index contributed by atoms with van der Waals surface area (Å²) in [7, 11) is 0. The van der Waals surface area contributed by atoms with E-state index in [9.17, 15) is 4.79 Å². The molecule has 0 bridgehead atoms. The maximum atomic E-state index is 12.6. The number of hydrogen-bond donors (Lipinski definition) is 1. The number of nitrogens with two attached hydrogens (primary N) is 1. The summed E-state index contributed by atoms with van der Waals surface area (Å²) >= 11 is 1.44. The van der Waals surface area contributed by atoms with Gasteiger partial charge in [-0.1, -0.05) is 0 Å². The second kappa shape index (κ2) is 6.25. The normalized spacial score (nSPS) is 17.9. The highest BCUT2D eigenvalue weighted by Gasteiger charge is 2.30. The van der Waals surface area contributed by atoms with E-state index < -0.39 is 0 Å². The molecule has 1 aliphatic rings. The molecule has 4 rings (SSSR count). The molecule has 1 atom stereocenters. The van der Waals surface area contributed by atoms with Crippen LogP contribution in [0, 0.1) is 0 Å². The Kier molecular flexibility index (Phi) is 3.92. The Bertz CT molecular complexity index is 913. The third-order valence-corrected chi connectivity index (χ3v) is 5.01. The minimum atomic E-state index is 0.000562. The van der Waals surface area contributed by atoms with Crippen LogP contribution in [0.2, 0.25) is 0 Å². The zero-order valence-corrected chi connectivity index (χ0v) is 14.5. The third-order valence-electron chi connectivity index (χ3n) is 4.29. The number of piperazine rings is 1. The Hall–Kier alpha value is -2.81. The molecule has 0 spiro atoms. The van der Waals surface area contributed by atoms with Gasteiger partial charge in [0.05, 0.1) is 11.1 Å². The summed E-state index contributed by atoms with van der Waals surface area (Å²) < 4.78 is 0. The molecule has 0 unspecified atom stereocenters. The first kappa shape index (κ1) is 15.7. The van der Waals surface area contributed by atoms with Crippen molar-refractivity contribution in [2.75, 3.05) is 30.3 Å². The SMILES string of the molecule is C[C@H]1CN(C(=O)c2cccnc2)CCN1c1nc(N)nc2scnc12. The summed E-state index contributed by atoms with van der Waals surface area (Å²) in [6.07, 6.45) is 3.26. The van der Waals surface area contributed by atoms with E-state index >= 15 is 0 Å². The number of fused-ring (bicyclic) bond motifs is 1. The molecule has 9 heteroatoms. The molecule has 0 radical (unpaired) electrons. The smallest absolute Gasteiger partial charge is 0.255 e. The highest BCUT2D eigenvalue weighted by molar-refractivity contribution is 7.16. The molecule has 2 N–H and O–H groups in total. The van der Waals surface area contributed by atoms with Gasteiger partial charge in [-0.05, 0) is 19.1 Å². The van der Waals surface area contributed by atoms with Crippen molar-refractivity contribution >= 4 is 39.4 Å². The largest absolute Gasteiger partial charge is 0.368 e. The third kappa shape index (κ3) is 2.86. The molecule has 8 nitrogen and oxygen atoms in total. The first-order valence-corrected chi connectivity index (χ1v) is 8.84. The molecule has 0 aliphatic carbocycles. The number of thiazole rings is 1. The predicted octanol–water partition coefficient (Wildman–Crippen LogP) is 1.41. The van der Waals surface area contributed by atoms with Gasteiger partial charge in [-0.2, -0.15) is 4.98 Å². The van der Waals surface area contributed by atoms with Gasteiger partial charge in [0, 0.05) is 38.1 Å². The topological polar surface area (TPSA) is 101 Å². The van der Waals surface area contributed by atoms with Crippen LogP contribution < -0.4 is 10.6 Å². The number of aromatic nitrogens is 4. The van der Waals surface area contributed by atoms with Crippen LogP contribution in [-0.4, -0.2) is 56.4 Å². The number of pyridine rings is 1. The first-order valence-electron chi connectivity index (χ1n) is 7.96. The van der Waals surface area contributed by atoms with Crippen LogP contribution in [0.15, 0.2) is 30.0 Å². The van der Waals surface area contributed by atoms with Gasteiger partial charge in [-0.3, -0.25) is 9.78 Å². The van der Waals surface area contributed by atoms with Crippen LogP contribution in [0.25, 0.3) is 10.3 Å². The van der Waals surface area contributed by atoms with Crippen molar-refractivity contribution in [3.8, 4) is 0 Å². The minimum Gasteiger partial charge on any atom is -0.368 e. The Morgan fingerprint density at radius 3 is 3.00 bits per heavy atom. The van der Waals surface area contributed by atoms with Crippen molar-refractivity contribution in [3.05, 3.63) is 35.6 Å². The van der Waals surface area contributed by atoms with Gasteiger partial charge in [0.25, 0.3) is 5.91 Å². The number of rotatable bonds is 2. The lowest BCUT2D eigenvalue weighted by atomic mass is 10.1. The van der Waals surface area contributed by atoms with Crippen molar-refractivity contribution in [1.29, 1.82) is 0 Å². The van der Waals surface area contributed by atoms with Crippen LogP contribution in [0.4, 0.5) is 11.8 Å². The van der Waals surface area contributed by atoms with E-state index in [0.717, 1.165) is 16.2 Å². The molecule has 0 aromatic carbocycles. The van der Waals surface area contributed by atoms with Crippen molar-refractivity contribution in [1.82, 2.24) is 24.8 Å². The van der Waals surface area contributed by atoms with Gasteiger partial charge in [0.1, 0.15) is 5.52 Å². The Labute approximate surface area is 148 Å². The Morgan fingerprint density at radius 1 is 1.36 bits per heavy atom. The first-order chi connectivity index (χ1) is 12.1. The standard InChI is InChI=1S/C16H17N7OS/c1-10-8-22(15(24)11-3-2-4-18-7-11)5-6-23(10)13-12-14(25-9-19-12)21-16(17)20-13/h2-4,7,9-10H,5-6,8H2,1H3,(H2,17,20,21)/t10-/m0/s1. The molecule has 0 saturated carbocycles. The zero-order valence-electron chi connectivity index (χ0n) is 13.7. The van der Waals surface area contributed by atoms with Gasteiger partial charge in [0.2, 0.25) is 5.95 Å². The van der Waals surface area contributed by atoms with E-state index in [0.29, 0.717) is 25.2 Å². The molecule has 3 aromatic heterocycles. The molecule has 3 aromatic rings. The van der Waals surface area contributed by atoms with Gasteiger partial charge < -0.3 is 15.5 Å². The van der Waals surface area contributed by atoms with E-state index in [1.807, 2.05) is 4.90 Å². The van der Waals surface area contributed by atoms with Crippen molar-refractivity contribution in [2.24, 2.45) is 0 Å². The molecular formula is C16H17N7OS. The fraction of sp³-hybridized carbons (Fsp3) is 0.312. The number of anilines is 2. The average Bonchev–Trinajstić information content (AvgIpc) is 3.09. The zero-order chi connectivity index (χ0) is 17.4. The minimum absolute atomic E-state index is 0.000562. The Balaban J connectivity index is 1.57. The molecule has 1 saturated heterocycles. The molecular weight excluding hydrogens is 338 g/mol. The lowest BCUT2D eigenvalue weighted by Gasteiger charge is -2.40. The number of hydrogen-bond acceptors (Lipinski definition) is 8. The lowest BCUT2D eigenvalue weighted by Crippen LogP contribution is -2.54. The fourth-order valence-corrected chi connectivity index (χ4v) is 3.75. The summed E-state index contributed by atoms with van der Waals surface area (Å²) in [6, 6.07) is 3.65. The van der Waals surface area contributed by atoms with Crippen molar-refractivity contribution in [3.63, 3.8) is 0 Å². The summed E-state index contributed by atoms with van der Waals surface area (Å²) in [5, 5.41) is 0. The van der Waals surface area contributed by atoms with Crippen LogP contribution >= 0.6 is 11.3 Å². The quantitative estimate of drug-likeness (QED) is 0.741. The highest BCUT2D eigenvalue weighted by atomic mass is 32.1. The summed E-state index contributed by atoms with van der Waals surface area (Å²) in [5.41, 5.74) is 8.96. The number of amides is 1. The number of nitrogens with zero attached hydrogens (tertiary/aromatic N) is 6. The van der Waals surface area contributed by atoms with Crippen molar-refractivity contribution < 1.29 is 4.79 Å². The van der Waals surface area contributed by atoms with E-state index in [-0.39, 0.29) is 17.9 Å². The van der Waals surface area contributed by atoms with Gasteiger partial charge in [-0.25, -0.2) is 9.97 Å². The number of carbonyl (C=O) groups is 1. The molecule has 25 heavy (non-hydrogen) atoms. The van der Waals surface area contributed by atoms with E-state index in [1.165, 1.54) is 11.3 Å². The average molecular weight is 355 g/mol. The lowest BCUT2D eigenvalue weighted by molar-refractivity contribution is 0.0725. The molecule has 128 valence electrons. The van der Waals surface area contributed by atoms with Crippen LogP contribution in [0.3, 0.4) is 0 Å². The monoisotopic (exact) mass is 355 g/mol. The van der Waals surface area contributed by atoms with Gasteiger partial charge in [0.15, 0.2) is 10.6 Å². The molecule has 1 aliphatic heterocycles. The summed E-state index contributed by atoms with van der Waals surface area (Å²) in [4.78, 5) is 34.4. The number of nitrogen functional groups attached to an aromatic ring is 1. The van der Waals surface area contributed by atoms with E-state index in [1.54, 1.807) is 30.0 Å². The van der Waals surface area contributed by atoms with Gasteiger partial charge >= 0.3 is 0 Å². The summed E-state index contributed by atoms with van der Waals surface area (Å²) in [5.74, 6) is 0.984.